The van der Waals surface area contributed by atoms with E-state index in [-0.39, 0.29) is 11.6 Å². The van der Waals surface area contributed by atoms with Crippen molar-refractivity contribution >= 4 is 21.8 Å². The van der Waals surface area contributed by atoms with E-state index in [0.717, 1.165) is 27.7 Å². The second kappa shape index (κ2) is 6.74. The minimum atomic E-state index is -4.47. The van der Waals surface area contributed by atoms with Gasteiger partial charge in [-0.15, -0.1) is 0 Å². The van der Waals surface area contributed by atoms with E-state index >= 15 is 0 Å². The molecule has 0 saturated carbocycles. The highest BCUT2D eigenvalue weighted by Gasteiger charge is 2.31. The molecule has 0 spiro atoms. The molecule has 0 aliphatic carbocycles. The zero-order chi connectivity index (χ0) is 17.2. The van der Waals surface area contributed by atoms with Gasteiger partial charge in [-0.05, 0) is 49.2 Å². The largest absolute Gasteiger partial charge is 0.416 e. The number of rotatable bonds is 3. The molecule has 0 aliphatic heterocycles. The topological polar surface area (TPSA) is 29.1 Å². The second-order valence-electron chi connectivity index (χ2n) is 5.28. The molecule has 0 fully saturated rings. The molecule has 0 unspecified atom stereocenters. The number of hydrogen-bond acceptors (Lipinski definition) is 1. The summed E-state index contributed by atoms with van der Waals surface area (Å²) in [5.41, 5.74) is 1.07. The Hall–Kier alpha value is -1.82. The molecule has 1 amide bonds. The quantitative estimate of drug-likeness (QED) is 0.766. The summed E-state index contributed by atoms with van der Waals surface area (Å²) in [4.78, 5) is 12.2. The molecular formula is C17H15BrF3NO. The average molecular weight is 386 g/mol. The van der Waals surface area contributed by atoms with Crippen molar-refractivity contribution in [1.29, 1.82) is 0 Å². The molecule has 2 rings (SSSR count). The molecule has 2 nitrogen and oxygen atoms in total. The summed E-state index contributed by atoms with van der Waals surface area (Å²) in [7, 11) is 0. The molecule has 122 valence electrons. The van der Waals surface area contributed by atoms with Crippen LogP contribution in [0.25, 0.3) is 0 Å². The predicted octanol–water partition coefficient (Wildman–Crippen LogP) is 5.27. The van der Waals surface area contributed by atoms with Gasteiger partial charge in [-0.25, -0.2) is 0 Å². The van der Waals surface area contributed by atoms with Crippen molar-refractivity contribution in [3.8, 4) is 0 Å². The number of amides is 1. The summed E-state index contributed by atoms with van der Waals surface area (Å²) in [6.45, 7) is 3.72. The number of nitrogens with one attached hydrogen (secondary N) is 1. The molecule has 2 aromatic carbocycles. The van der Waals surface area contributed by atoms with E-state index in [1.807, 2.05) is 25.1 Å². The van der Waals surface area contributed by atoms with Crippen molar-refractivity contribution in [2.75, 3.05) is 0 Å². The van der Waals surface area contributed by atoms with Crippen LogP contribution in [0.5, 0.6) is 0 Å². The highest BCUT2D eigenvalue weighted by Crippen LogP contribution is 2.29. The summed E-state index contributed by atoms with van der Waals surface area (Å²) in [5.74, 6) is -0.541. The van der Waals surface area contributed by atoms with Crippen LogP contribution < -0.4 is 5.32 Å². The van der Waals surface area contributed by atoms with Crippen molar-refractivity contribution in [2.24, 2.45) is 0 Å². The maximum atomic E-state index is 12.7. The third-order valence-corrected chi connectivity index (χ3v) is 4.35. The molecule has 0 aliphatic rings. The lowest BCUT2D eigenvalue weighted by molar-refractivity contribution is -0.137. The molecule has 1 atom stereocenters. The fraction of sp³-hybridized carbons (Fsp3) is 0.235. The molecule has 2 aromatic rings. The molecule has 0 bridgehead atoms. The van der Waals surface area contributed by atoms with Crippen LogP contribution in [-0.2, 0) is 6.18 Å². The van der Waals surface area contributed by atoms with Crippen LogP contribution in [0.4, 0.5) is 13.2 Å². The van der Waals surface area contributed by atoms with Crippen molar-refractivity contribution < 1.29 is 18.0 Å². The number of carbonyl (C=O) groups excluding carboxylic acids is 1. The number of hydrogen-bond donors (Lipinski definition) is 1. The Balaban J connectivity index is 2.16. The van der Waals surface area contributed by atoms with E-state index in [4.69, 9.17) is 0 Å². The van der Waals surface area contributed by atoms with Gasteiger partial charge in [-0.1, -0.05) is 34.1 Å². The number of carbonyl (C=O) groups is 1. The van der Waals surface area contributed by atoms with Gasteiger partial charge in [-0.3, -0.25) is 4.79 Å². The fourth-order valence-corrected chi connectivity index (χ4v) is 2.48. The molecule has 0 saturated heterocycles. The van der Waals surface area contributed by atoms with Gasteiger partial charge >= 0.3 is 6.18 Å². The average Bonchev–Trinajstić information content (AvgIpc) is 2.49. The van der Waals surface area contributed by atoms with Crippen LogP contribution >= 0.6 is 15.9 Å². The molecule has 6 heteroatoms. The minimum absolute atomic E-state index is 0.0159. The Morgan fingerprint density at radius 1 is 1.17 bits per heavy atom. The first-order chi connectivity index (χ1) is 10.7. The van der Waals surface area contributed by atoms with Crippen LogP contribution in [-0.4, -0.2) is 5.91 Å². The lowest BCUT2D eigenvalue weighted by Gasteiger charge is -2.16. The van der Waals surface area contributed by atoms with Gasteiger partial charge in [0.15, 0.2) is 0 Å². The van der Waals surface area contributed by atoms with E-state index in [9.17, 15) is 18.0 Å². The molecule has 0 aromatic heterocycles. The highest BCUT2D eigenvalue weighted by atomic mass is 79.9. The standard InChI is InChI=1S/C17H15BrF3NO/c1-10-6-7-12(9-15(10)18)11(2)22-16(23)13-4-3-5-14(8-13)17(19,20)21/h3-9,11H,1-2H3,(H,22,23)/t11-/m1/s1. The number of halogens is 4. The SMILES string of the molecule is Cc1ccc([C@@H](C)NC(=O)c2cccc(C(F)(F)F)c2)cc1Br. The van der Waals surface area contributed by atoms with Crippen LogP contribution in [0, 0.1) is 6.92 Å². The van der Waals surface area contributed by atoms with Gasteiger partial charge in [0.25, 0.3) is 5.91 Å². The summed E-state index contributed by atoms with van der Waals surface area (Å²) in [6, 6.07) is 9.72. The molecule has 23 heavy (non-hydrogen) atoms. The highest BCUT2D eigenvalue weighted by molar-refractivity contribution is 9.10. The molecule has 0 heterocycles. The van der Waals surface area contributed by atoms with Gasteiger partial charge in [0.05, 0.1) is 11.6 Å². The lowest BCUT2D eigenvalue weighted by Crippen LogP contribution is -2.27. The van der Waals surface area contributed by atoms with Gasteiger partial charge in [-0.2, -0.15) is 13.2 Å². The monoisotopic (exact) mass is 385 g/mol. The smallest absolute Gasteiger partial charge is 0.346 e. The van der Waals surface area contributed by atoms with Gasteiger partial charge < -0.3 is 5.32 Å². The van der Waals surface area contributed by atoms with E-state index in [1.165, 1.54) is 12.1 Å². The second-order valence-corrected chi connectivity index (χ2v) is 6.14. The fourth-order valence-electron chi connectivity index (χ4n) is 2.08. The summed E-state index contributed by atoms with van der Waals surface area (Å²) in [6.07, 6.45) is -4.47. The molecular weight excluding hydrogens is 371 g/mol. The van der Waals surface area contributed by atoms with E-state index in [1.54, 1.807) is 6.92 Å². The molecule has 0 radical (unpaired) electrons. The maximum Gasteiger partial charge on any atom is 0.416 e. The number of alkyl halides is 3. The predicted molar refractivity (Wildman–Crippen MR) is 86.2 cm³/mol. The van der Waals surface area contributed by atoms with Crippen LogP contribution in [0.3, 0.4) is 0 Å². The lowest BCUT2D eigenvalue weighted by atomic mass is 10.1. The Bertz CT molecular complexity index is 728. The van der Waals surface area contributed by atoms with Crippen molar-refractivity contribution in [1.82, 2.24) is 5.32 Å². The Morgan fingerprint density at radius 3 is 2.48 bits per heavy atom. The first-order valence-corrected chi connectivity index (χ1v) is 7.72. The van der Waals surface area contributed by atoms with Crippen molar-refractivity contribution in [2.45, 2.75) is 26.1 Å². The Kier molecular flexibility index (Phi) is 5.14. The van der Waals surface area contributed by atoms with Crippen molar-refractivity contribution in [3.05, 3.63) is 69.2 Å². The van der Waals surface area contributed by atoms with Crippen LogP contribution in [0.2, 0.25) is 0 Å². The number of benzene rings is 2. The van der Waals surface area contributed by atoms with Crippen LogP contribution in [0.15, 0.2) is 46.9 Å². The Labute approximate surface area is 140 Å². The zero-order valence-electron chi connectivity index (χ0n) is 12.5. The van der Waals surface area contributed by atoms with Gasteiger partial charge in [0, 0.05) is 10.0 Å². The molecule has 1 N–H and O–H groups in total. The van der Waals surface area contributed by atoms with Gasteiger partial charge in [0.1, 0.15) is 0 Å². The normalized spacial score (nSPS) is 12.8. The first-order valence-electron chi connectivity index (χ1n) is 6.92. The number of aryl methyl sites for hydroxylation is 1. The third-order valence-electron chi connectivity index (χ3n) is 3.50. The van der Waals surface area contributed by atoms with Gasteiger partial charge in [0.2, 0.25) is 0 Å². The van der Waals surface area contributed by atoms with E-state index < -0.39 is 17.6 Å². The van der Waals surface area contributed by atoms with E-state index in [2.05, 4.69) is 21.2 Å². The maximum absolute atomic E-state index is 12.7. The minimum Gasteiger partial charge on any atom is -0.346 e. The first kappa shape index (κ1) is 17.5. The van der Waals surface area contributed by atoms with E-state index in [0.29, 0.717) is 0 Å². The van der Waals surface area contributed by atoms with Crippen LogP contribution in [0.1, 0.15) is 40.0 Å². The Morgan fingerprint density at radius 2 is 1.87 bits per heavy atom. The van der Waals surface area contributed by atoms with Crippen molar-refractivity contribution in [3.63, 3.8) is 0 Å². The summed E-state index contributed by atoms with van der Waals surface area (Å²) < 4.78 is 39.0. The summed E-state index contributed by atoms with van der Waals surface area (Å²) >= 11 is 3.42. The zero-order valence-corrected chi connectivity index (χ0v) is 14.1. The summed E-state index contributed by atoms with van der Waals surface area (Å²) in [5, 5.41) is 2.71. The third kappa shape index (κ3) is 4.34.